The average Bonchev–Trinajstić information content (AvgIpc) is 3.40. The van der Waals surface area contributed by atoms with Gasteiger partial charge in [0.15, 0.2) is 9.84 Å². The minimum Gasteiger partial charge on any atom is -0.300 e. The van der Waals surface area contributed by atoms with Crippen LogP contribution in [-0.2, 0) is 40.1 Å². The zero-order valence-corrected chi connectivity index (χ0v) is 25.2. The van der Waals surface area contributed by atoms with Crippen LogP contribution in [0.4, 0.5) is 17.6 Å². The van der Waals surface area contributed by atoms with Gasteiger partial charge in [0.25, 0.3) is 0 Å². The molecule has 0 spiro atoms. The Morgan fingerprint density at radius 3 is 2.26 bits per heavy atom. The maximum absolute atomic E-state index is 14.2. The molecule has 0 N–H and O–H groups in total. The minimum absolute atomic E-state index is 0.210. The van der Waals surface area contributed by atoms with Crippen molar-refractivity contribution in [2.45, 2.75) is 105 Å². The normalized spacial score (nSPS) is 24.2. The number of aryl methyl sites for hydroxylation is 2. The van der Waals surface area contributed by atoms with Crippen LogP contribution in [0.5, 0.6) is 0 Å². The Bertz CT molecular complexity index is 1540. The van der Waals surface area contributed by atoms with Gasteiger partial charge in [-0.1, -0.05) is 19.1 Å². The smallest absolute Gasteiger partial charge is 0.300 e. The highest BCUT2D eigenvalue weighted by atomic mass is 32.2. The molecular weight excluding hydrogens is 580 g/mol. The van der Waals surface area contributed by atoms with E-state index in [1.54, 1.807) is 0 Å². The van der Waals surface area contributed by atoms with Crippen molar-refractivity contribution in [3.63, 3.8) is 0 Å². The first-order valence-corrected chi connectivity index (χ1v) is 16.9. The lowest BCUT2D eigenvalue weighted by Gasteiger charge is -2.45. The van der Waals surface area contributed by atoms with Crippen molar-refractivity contribution >= 4 is 9.84 Å². The van der Waals surface area contributed by atoms with Crippen molar-refractivity contribution in [3.8, 4) is 0 Å². The number of halogens is 4. The molecule has 2 aliphatic heterocycles. The monoisotopic (exact) mass is 618 g/mol. The van der Waals surface area contributed by atoms with Gasteiger partial charge in [-0.2, -0.15) is 18.3 Å². The first-order chi connectivity index (χ1) is 20.5. The Kier molecular flexibility index (Phi) is 8.17. The number of pyridine rings is 1. The number of hydrogen-bond donors (Lipinski definition) is 0. The lowest BCUT2D eigenvalue weighted by Crippen LogP contribution is -2.48. The summed E-state index contributed by atoms with van der Waals surface area (Å²) in [5.74, 6) is 0.0115. The fraction of sp³-hybridized carbons (Fsp3) is 0.562. The summed E-state index contributed by atoms with van der Waals surface area (Å²) in [5, 5.41) is 4.93. The van der Waals surface area contributed by atoms with Crippen molar-refractivity contribution in [1.82, 2.24) is 19.7 Å². The topological polar surface area (TPSA) is 68.1 Å². The minimum atomic E-state index is -4.67. The van der Waals surface area contributed by atoms with Gasteiger partial charge in [0, 0.05) is 24.5 Å². The van der Waals surface area contributed by atoms with E-state index in [9.17, 15) is 26.0 Å². The number of piperidine rings is 1. The molecule has 0 atom stereocenters. The standard InChI is InChI=1S/C32H38F4N4O2S/c1-2-27-30(28-5-3-4-18-40(28)38-27)22-14-19-39(20-15-22)25-12-16-31(17-13-25,23-6-8-24(33)9-7-23)43(41,42)26-10-11-29(37-21-26)32(34,35)36/h6-11,21-22,25H,2-5,12-20H2,1H3. The van der Waals surface area contributed by atoms with Crippen LogP contribution < -0.4 is 0 Å². The van der Waals surface area contributed by atoms with E-state index in [1.807, 2.05) is 0 Å². The Morgan fingerprint density at radius 1 is 0.953 bits per heavy atom. The van der Waals surface area contributed by atoms with Crippen molar-refractivity contribution in [3.05, 3.63) is 76.6 Å². The molecule has 0 unspecified atom stereocenters. The number of nitrogens with zero attached hydrogens (tertiary/aromatic N) is 4. The third-order valence-electron chi connectivity index (χ3n) is 9.98. The number of rotatable bonds is 6. The second-order valence-corrected chi connectivity index (χ2v) is 14.5. The van der Waals surface area contributed by atoms with E-state index in [2.05, 4.69) is 21.5 Å². The largest absolute Gasteiger partial charge is 0.433 e. The summed E-state index contributed by atoms with van der Waals surface area (Å²) in [7, 11) is -4.14. The van der Waals surface area contributed by atoms with Gasteiger partial charge in [0.1, 0.15) is 16.3 Å². The molecule has 0 radical (unpaired) electrons. The predicted octanol–water partition coefficient (Wildman–Crippen LogP) is 6.83. The number of sulfone groups is 1. The Balaban J connectivity index is 1.20. The van der Waals surface area contributed by atoms with Gasteiger partial charge >= 0.3 is 6.18 Å². The molecule has 1 saturated carbocycles. The number of hydrogen-bond acceptors (Lipinski definition) is 5. The molecular formula is C32H38F4N4O2S. The summed E-state index contributed by atoms with van der Waals surface area (Å²) < 4.78 is 82.4. The molecule has 0 bridgehead atoms. The van der Waals surface area contributed by atoms with Crippen molar-refractivity contribution < 1.29 is 26.0 Å². The lowest BCUT2D eigenvalue weighted by molar-refractivity contribution is -0.141. The van der Waals surface area contributed by atoms with Crippen LogP contribution in [0.3, 0.4) is 0 Å². The molecule has 11 heteroatoms. The fourth-order valence-corrected chi connectivity index (χ4v) is 9.80. The highest BCUT2D eigenvalue weighted by molar-refractivity contribution is 7.92. The molecule has 6 nitrogen and oxygen atoms in total. The summed E-state index contributed by atoms with van der Waals surface area (Å²) in [6.45, 7) is 5.05. The summed E-state index contributed by atoms with van der Waals surface area (Å²) in [4.78, 5) is 5.66. The summed E-state index contributed by atoms with van der Waals surface area (Å²) >= 11 is 0. The summed E-state index contributed by atoms with van der Waals surface area (Å²) in [6, 6.07) is 7.39. The molecule has 6 rings (SSSR count). The van der Waals surface area contributed by atoms with Crippen molar-refractivity contribution in [1.29, 1.82) is 0 Å². The van der Waals surface area contributed by atoms with Gasteiger partial charge in [0.2, 0.25) is 0 Å². The molecule has 43 heavy (non-hydrogen) atoms. The van der Waals surface area contributed by atoms with Crippen LogP contribution >= 0.6 is 0 Å². The van der Waals surface area contributed by atoms with Gasteiger partial charge in [-0.15, -0.1) is 0 Å². The van der Waals surface area contributed by atoms with E-state index in [-0.39, 0.29) is 10.9 Å². The van der Waals surface area contributed by atoms with E-state index < -0.39 is 32.3 Å². The van der Waals surface area contributed by atoms with E-state index in [0.29, 0.717) is 43.2 Å². The lowest BCUT2D eigenvalue weighted by atomic mass is 9.79. The van der Waals surface area contributed by atoms with Crippen molar-refractivity contribution in [2.24, 2.45) is 0 Å². The van der Waals surface area contributed by atoms with Crippen LogP contribution in [0.2, 0.25) is 0 Å². The van der Waals surface area contributed by atoms with Crippen LogP contribution in [0.1, 0.15) is 92.4 Å². The van der Waals surface area contributed by atoms with E-state index >= 15 is 0 Å². The molecule has 2 aromatic heterocycles. The van der Waals surface area contributed by atoms with Gasteiger partial charge in [-0.3, -0.25) is 9.67 Å². The number of aromatic nitrogens is 3. The summed E-state index contributed by atoms with van der Waals surface area (Å²) in [6.07, 6.45) is 4.49. The number of benzene rings is 1. The first kappa shape index (κ1) is 30.2. The van der Waals surface area contributed by atoms with Gasteiger partial charge in [-0.25, -0.2) is 12.8 Å². The van der Waals surface area contributed by atoms with Crippen LogP contribution in [0.15, 0.2) is 47.5 Å². The Labute approximate surface area is 250 Å². The van der Waals surface area contributed by atoms with Crippen LogP contribution in [0.25, 0.3) is 0 Å². The molecule has 2 fully saturated rings. The third-order valence-corrected chi connectivity index (χ3v) is 12.5. The average molecular weight is 619 g/mol. The molecule has 3 aliphatic rings. The molecule has 1 aliphatic carbocycles. The number of fused-ring (bicyclic) bond motifs is 1. The Morgan fingerprint density at radius 2 is 1.65 bits per heavy atom. The van der Waals surface area contributed by atoms with Crippen molar-refractivity contribution in [2.75, 3.05) is 13.1 Å². The zero-order valence-electron chi connectivity index (χ0n) is 24.4. The molecule has 3 aromatic rings. The van der Waals surface area contributed by atoms with Crippen LogP contribution in [-0.4, -0.2) is 47.2 Å². The summed E-state index contributed by atoms with van der Waals surface area (Å²) in [5.41, 5.74) is 3.45. The van der Waals surface area contributed by atoms with Gasteiger partial charge in [0.05, 0.1) is 10.6 Å². The predicted molar refractivity (Wildman–Crippen MR) is 155 cm³/mol. The molecule has 1 saturated heterocycles. The zero-order chi connectivity index (χ0) is 30.4. The van der Waals surface area contributed by atoms with E-state index in [4.69, 9.17) is 5.10 Å². The van der Waals surface area contributed by atoms with Gasteiger partial charge in [-0.05, 0) is 119 Å². The second kappa shape index (κ2) is 11.6. The quantitative estimate of drug-likeness (QED) is 0.284. The third kappa shape index (κ3) is 5.52. The van der Waals surface area contributed by atoms with E-state index in [1.165, 1.54) is 54.1 Å². The Hall–Kier alpha value is -2.79. The molecule has 0 amide bonds. The van der Waals surface area contributed by atoms with E-state index in [0.717, 1.165) is 57.6 Å². The fourth-order valence-electron chi connectivity index (χ4n) is 7.69. The number of likely N-dealkylation sites (tertiary alicyclic amines) is 1. The second-order valence-electron chi connectivity index (χ2n) is 12.3. The molecule has 1 aromatic carbocycles. The SMILES string of the molecule is CCc1nn2c(c1C1CCN(C3CCC(c4ccc(F)cc4)(S(=O)(=O)c4ccc(C(F)(F)F)nc4)CC3)CC1)CCCC2. The first-order valence-electron chi connectivity index (χ1n) is 15.4. The number of alkyl halides is 3. The highest BCUT2D eigenvalue weighted by Gasteiger charge is 2.49. The molecule has 4 heterocycles. The maximum Gasteiger partial charge on any atom is 0.433 e. The van der Waals surface area contributed by atoms with Crippen LogP contribution in [0, 0.1) is 5.82 Å². The van der Waals surface area contributed by atoms with Gasteiger partial charge < -0.3 is 4.90 Å². The maximum atomic E-state index is 14.2. The molecule has 232 valence electrons. The highest BCUT2D eigenvalue weighted by Crippen LogP contribution is 2.48.